The molecule has 15 heavy (non-hydrogen) atoms. The maximum absolute atomic E-state index is 8.98. The molecule has 2 aliphatic rings. The highest BCUT2D eigenvalue weighted by Gasteiger charge is 2.40. The van der Waals surface area contributed by atoms with E-state index in [4.69, 9.17) is 14.7 Å². The van der Waals surface area contributed by atoms with Gasteiger partial charge in [0, 0.05) is 25.9 Å². The van der Waals surface area contributed by atoms with Gasteiger partial charge in [-0.2, -0.15) is 5.26 Å². The van der Waals surface area contributed by atoms with Gasteiger partial charge in [-0.25, -0.2) is 0 Å². The molecule has 1 spiro atoms. The van der Waals surface area contributed by atoms with Crippen LogP contribution in [0.25, 0.3) is 0 Å². The zero-order valence-corrected chi connectivity index (χ0v) is 9.24. The zero-order chi connectivity index (χ0) is 10.7. The minimum Gasteiger partial charge on any atom is -0.347 e. The van der Waals surface area contributed by atoms with Gasteiger partial charge in [-0.15, -0.1) is 0 Å². The van der Waals surface area contributed by atoms with Crippen LogP contribution in [0.1, 0.15) is 26.2 Å². The van der Waals surface area contributed by atoms with Gasteiger partial charge in [0.25, 0.3) is 0 Å². The topological polar surface area (TPSA) is 45.5 Å². The fourth-order valence-corrected chi connectivity index (χ4v) is 2.39. The van der Waals surface area contributed by atoms with Crippen LogP contribution >= 0.6 is 0 Å². The average Bonchev–Trinajstić information content (AvgIpc) is 2.72. The molecule has 0 saturated carbocycles. The van der Waals surface area contributed by atoms with Crippen molar-refractivity contribution in [3.63, 3.8) is 0 Å². The van der Waals surface area contributed by atoms with Crippen molar-refractivity contribution in [3.05, 3.63) is 0 Å². The number of hydrogen-bond acceptors (Lipinski definition) is 4. The first-order valence-corrected chi connectivity index (χ1v) is 5.71. The Kier molecular flexibility index (Phi) is 3.25. The maximum atomic E-state index is 8.98. The quantitative estimate of drug-likeness (QED) is 0.685. The minimum atomic E-state index is -0.315. The van der Waals surface area contributed by atoms with Gasteiger partial charge in [0.2, 0.25) is 0 Å². The molecule has 0 aromatic heterocycles. The number of ether oxygens (including phenoxy) is 2. The van der Waals surface area contributed by atoms with Gasteiger partial charge in [0.05, 0.1) is 25.3 Å². The number of nitriles is 1. The third-order valence-corrected chi connectivity index (χ3v) is 3.35. The molecule has 0 N–H and O–H groups in total. The van der Waals surface area contributed by atoms with Crippen molar-refractivity contribution in [2.75, 3.05) is 26.3 Å². The van der Waals surface area contributed by atoms with Gasteiger partial charge in [-0.05, 0) is 6.42 Å². The lowest BCUT2D eigenvalue weighted by molar-refractivity contribution is -0.186. The summed E-state index contributed by atoms with van der Waals surface area (Å²) in [4.78, 5) is 2.23. The van der Waals surface area contributed by atoms with Gasteiger partial charge < -0.3 is 9.47 Å². The monoisotopic (exact) mass is 210 g/mol. The Labute approximate surface area is 90.8 Å². The van der Waals surface area contributed by atoms with Crippen LogP contribution in [0.15, 0.2) is 0 Å². The van der Waals surface area contributed by atoms with Crippen LogP contribution in [0.5, 0.6) is 0 Å². The van der Waals surface area contributed by atoms with E-state index in [1.807, 2.05) is 0 Å². The summed E-state index contributed by atoms with van der Waals surface area (Å²) in [6.07, 6.45) is 2.68. The van der Waals surface area contributed by atoms with Crippen molar-refractivity contribution in [1.82, 2.24) is 4.90 Å². The van der Waals surface area contributed by atoms with Crippen LogP contribution in [0, 0.1) is 11.3 Å². The second-order valence-electron chi connectivity index (χ2n) is 4.20. The lowest BCUT2D eigenvalue weighted by atomic mass is 10.0. The molecule has 1 atom stereocenters. The molecule has 84 valence electrons. The van der Waals surface area contributed by atoms with Crippen molar-refractivity contribution < 1.29 is 9.47 Å². The summed E-state index contributed by atoms with van der Waals surface area (Å²) in [5, 5.41) is 8.98. The van der Waals surface area contributed by atoms with Crippen LogP contribution < -0.4 is 0 Å². The summed E-state index contributed by atoms with van der Waals surface area (Å²) < 4.78 is 11.3. The minimum absolute atomic E-state index is 0.0590. The molecule has 4 nitrogen and oxygen atoms in total. The molecule has 2 aliphatic heterocycles. The van der Waals surface area contributed by atoms with E-state index in [1.165, 1.54) is 0 Å². The lowest BCUT2D eigenvalue weighted by Gasteiger charge is -2.39. The van der Waals surface area contributed by atoms with Crippen LogP contribution in [-0.4, -0.2) is 43.0 Å². The van der Waals surface area contributed by atoms with Crippen LogP contribution in [0.4, 0.5) is 0 Å². The van der Waals surface area contributed by atoms with E-state index in [0.717, 1.165) is 45.6 Å². The van der Waals surface area contributed by atoms with Crippen molar-refractivity contribution >= 4 is 0 Å². The summed E-state index contributed by atoms with van der Waals surface area (Å²) in [6, 6.07) is 2.40. The molecule has 0 aliphatic carbocycles. The highest BCUT2D eigenvalue weighted by Crippen LogP contribution is 2.31. The molecule has 0 radical (unpaired) electrons. The summed E-state index contributed by atoms with van der Waals surface area (Å²) in [6.45, 7) is 5.31. The second kappa shape index (κ2) is 4.48. The first-order chi connectivity index (χ1) is 7.29. The third kappa shape index (κ3) is 2.15. The SMILES string of the molecule is CCC(C#N)N1CCC2(CC1)OCCO2. The normalized spacial score (nSPS) is 27.7. The fourth-order valence-electron chi connectivity index (χ4n) is 2.39. The lowest BCUT2D eigenvalue weighted by Crippen LogP contribution is -2.48. The molecule has 0 bridgehead atoms. The molecule has 2 rings (SSSR count). The van der Waals surface area contributed by atoms with Gasteiger partial charge >= 0.3 is 0 Å². The van der Waals surface area contributed by atoms with Gasteiger partial charge in [-0.3, -0.25) is 4.90 Å². The molecule has 2 fully saturated rings. The van der Waals surface area contributed by atoms with E-state index in [9.17, 15) is 0 Å². The smallest absolute Gasteiger partial charge is 0.170 e. The molecular weight excluding hydrogens is 192 g/mol. The van der Waals surface area contributed by atoms with E-state index in [1.54, 1.807) is 0 Å². The number of rotatable bonds is 2. The largest absolute Gasteiger partial charge is 0.347 e. The number of hydrogen-bond donors (Lipinski definition) is 0. The van der Waals surface area contributed by atoms with E-state index >= 15 is 0 Å². The highest BCUT2D eigenvalue weighted by atomic mass is 16.7. The molecule has 0 aromatic rings. The van der Waals surface area contributed by atoms with Gasteiger partial charge in [-0.1, -0.05) is 6.92 Å². The Balaban J connectivity index is 1.89. The number of nitrogens with zero attached hydrogens (tertiary/aromatic N) is 2. The Hall–Kier alpha value is -0.630. The molecule has 2 heterocycles. The zero-order valence-electron chi connectivity index (χ0n) is 9.24. The Bertz CT molecular complexity index is 246. The van der Waals surface area contributed by atoms with Crippen molar-refractivity contribution in [3.8, 4) is 6.07 Å². The van der Waals surface area contributed by atoms with Gasteiger partial charge in [0.15, 0.2) is 5.79 Å². The van der Waals surface area contributed by atoms with E-state index < -0.39 is 0 Å². The number of piperidine rings is 1. The van der Waals surface area contributed by atoms with Crippen LogP contribution in [-0.2, 0) is 9.47 Å². The summed E-state index contributed by atoms with van der Waals surface area (Å²) in [5.74, 6) is -0.315. The standard InChI is InChI=1S/C11H18N2O2/c1-2-10(9-12)13-5-3-11(4-6-13)14-7-8-15-11/h10H,2-8H2,1H3. The number of likely N-dealkylation sites (tertiary alicyclic amines) is 1. The fraction of sp³-hybridized carbons (Fsp3) is 0.909. The van der Waals surface area contributed by atoms with Crippen molar-refractivity contribution in [1.29, 1.82) is 5.26 Å². The third-order valence-electron chi connectivity index (χ3n) is 3.35. The van der Waals surface area contributed by atoms with Crippen molar-refractivity contribution in [2.45, 2.75) is 38.0 Å². The molecule has 1 unspecified atom stereocenters. The van der Waals surface area contributed by atoms with Crippen molar-refractivity contribution in [2.24, 2.45) is 0 Å². The Morgan fingerprint density at radius 3 is 2.40 bits per heavy atom. The molecular formula is C11H18N2O2. The predicted molar refractivity (Wildman–Crippen MR) is 55.1 cm³/mol. The predicted octanol–water partition coefficient (Wildman–Crippen LogP) is 1.13. The first-order valence-electron chi connectivity index (χ1n) is 5.71. The Morgan fingerprint density at radius 1 is 1.33 bits per heavy atom. The maximum Gasteiger partial charge on any atom is 0.170 e. The molecule has 4 heteroatoms. The Morgan fingerprint density at radius 2 is 1.93 bits per heavy atom. The second-order valence-corrected chi connectivity index (χ2v) is 4.20. The summed E-state index contributed by atoms with van der Waals surface area (Å²) in [7, 11) is 0. The van der Waals surface area contributed by atoms with E-state index in [-0.39, 0.29) is 11.8 Å². The van der Waals surface area contributed by atoms with Gasteiger partial charge in [0.1, 0.15) is 0 Å². The summed E-state index contributed by atoms with van der Waals surface area (Å²) in [5.41, 5.74) is 0. The molecule has 2 saturated heterocycles. The molecule has 0 aromatic carbocycles. The van der Waals surface area contributed by atoms with E-state index in [0.29, 0.717) is 0 Å². The highest BCUT2D eigenvalue weighted by molar-refractivity contribution is 4.94. The van der Waals surface area contributed by atoms with Crippen LogP contribution in [0.3, 0.4) is 0 Å². The first kappa shape index (κ1) is 10.9. The summed E-state index contributed by atoms with van der Waals surface area (Å²) >= 11 is 0. The van der Waals surface area contributed by atoms with E-state index in [2.05, 4.69) is 17.9 Å². The van der Waals surface area contributed by atoms with Crippen LogP contribution in [0.2, 0.25) is 0 Å². The molecule has 0 amide bonds. The average molecular weight is 210 g/mol.